The maximum Gasteiger partial charge on any atom is 0.104 e. The van der Waals surface area contributed by atoms with Crippen LogP contribution in [0.1, 0.15) is 29.0 Å². The van der Waals surface area contributed by atoms with Gasteiger partial charge in [-0.25, -0.2) is 0 Å². The van der Waals surface area contributed by atoms with Crippen LogP contribution < -0.4 is 15.5 Å². The van der Waals surface area contributed by atoms with Gasteiger partial charge in [0.2, 0.25) is 0 Å². The number of nitrogens with zero attached hydrogens (tertiary/aromatic N) is 1. The van der Waals surface area contributed by atoms with E-state index in [1.807, 2.05) is 0 Å². The number of nitrogens with one attached hydrogen (secondary N) is 2. The molecule has 25 heavy (non-hydrogen) atoms. The zero-order chi connectivity index (χ0) is 16.6. The monoisotopic (exact) mass is 335 g/mol. The summed E-state index contributed by atoms with van der Waals surface area (Å²) in [6, 6.07) is 18.0. The molecule has 2 N–H and O–H groups in total. The average molecular weight is 335 g/mol. The molecule has 1 fully saturated rings. The van der Waals surface area contributed by atoms with Gasteiger partial charge in [0, 0.05) is 36.3 Å². The van der Waals surface area contributed by atoms with Crippen LogP contribution in [0.4, 0.5) is 5.69 Å². The Morgan fingerprint density at radius 3 is 2.96 bits per heavy atom. The fraction of sp³-hybridized carbons (Fsp3) is 0.429. The van der Waals surface area contributed by atoms with E-state index in [4.69, 9.17) is 4.74 Å². The smallest absolute Gasteiger partial charge is 0.104 e. The second kappa shape index (κ2) is 6.45. The number of hydrogen-bond donors (Lipinski definition) is 2. The van der Waals surface area contributed by atoms with Crippen LogP contribution in [0, 0.1) is 0 Å². The van der Waals surface area contributed by atoms with Gasteiger partial charge in [-0.2, -0.15) is 0 Å². The molecule has 130 valence electrons. The van der Waals surface area contributed by atoms with Crippen LogP contribution in [0.5, 0.6) is 0 Å². The molecule has 0 spiro atoms. The van der Waals surface area contributed by atoms with E-state index >= 15 is 0 Å². The summed E-state index contributed by atoms with van der Waals surface area (Å²) in [5.41, 5.74) is 5.60. The number of hydrogen-bond acceptors (Lipinski definition) is 4. The van der Waals surface area contributed by atoms with Crippen LogP contribution in [-0.4, -0.2) is 31.9 Å². The van der Waals surface area contributed by atoms with Crippen molar-refractivity contribution in [2.24, 2.45) is 0 Å². The molecular formula is C21H25N3O. The van der Waals surface area contributed by atoms with E-state index in [2.05, 4.69) is 64.1 Å². The quantitative estimate of drug-likeness (QED) is 0.904. The van der Waals surface area contributed by atoms with Crippen molar-refractivity contribution in [2.45, 2.75) is 37.7 Å². The molecule has 1 unspecified atom stereocenters. The normalized spacial score (nSPS) is 27.5. The molecule has 3 aliphatic heterocycles. The molecule has 0 aliphatic carbocycles. The summed E-state index contributed by atoms with van der Waals surface area (Å²) >= 11 is 0. The summed E-state index contributed by atoms with van der Waals surface area (Å²) < 4.78 is 6.04. The predicted octanol–water partition coefficient (Wildman–Crippen LogP) is 2.60. The summed E-state index contributed by atoms with van der Waals surface area (Å²) in [6.07, 6.45) is 1.43. The Kier molecular flexibility index (Phi) is 3.97. The van der Waals surface area contributed by atoms with Gasteiger partial charge in [0.25, 0.3) is 0 Å². The van der Waals surface area contributed by atoms with Crippen LogP contribution >= 0.6 is 0 Å². The number of anilines is 1. The number of benzene rings is 2. The second-order valence-corrected chi connectivity index (χ2v) is 7.33. The topological polar surface area (TPSA) is 36.5 Å². The molecule has 1 saturated heterocycles. The molecule has 2 aromatic carbocycles. The maximum atomic E-state index is 6.04. The first-order valence-corrected chi connectivity index (χ1v) is 9.38. The Morgan fingerprint density at radius 1 is 1.12 bits per heavy atom. The van der Waals surface area contributed by atoms with E-state index in [0.717, 1.165) is 32.8 Å². The van der Waals surface area contributed by atoms with Gasteiger partial charge >= 0.3 is 0 Å². The third kappa shape index (κ3) is 2.65. The van der Waals surface area contributed by atoms with Gasteiger partial charge in [-0.3, -0.25) is 5.32 Å². The fourth-order valence-electron chi connectivity index (χ4n) is 4.74. The van der Waals surface area contributed by atoms with E-state index < -0.39 is 0 Å². The minimum atomic E-state index is 0.232. The first-order valence-electron chi connectivity index (χ1n) is 9.38. The van der Waals surface area contributed by atoms with E-state index in [1.165, 1.54) is 28.8 Å². The molecule has 0 saturated carbocycles. The lowest BCUT2D eigenvalue weighted by atomic mass is 9.89. The minimum absolute atomic E-state index is 0.232. The van der Waals surface area contributed by atoms with E-state index in [9.17, 15) is 0 Å². The second-order valence-electron chi connectivity index (χ2n) is 7.33. The number of para-hydroxylation sites is 1. The Morgan fingerprint density at radius 2 is 2.04 bits per heavy atom. The highest BCUT2D eigenvalue weighted by atomic mass is 16.5. The van der Waals surface area contributed by atoms with Gasteiger partial charge in [0.1, 0.15) is 6.17 Å². The summed E-state index contributed by atoms with van der Waals surface area (Å²) in [7, 11) is 0. The molecule has 3 atom stereocenters. The maximum absolute atomic E-state index is 6.04. The number of fused-ring (bicyclic) bond motifs is 3. The minimum Gasteiger partial charge on any atom is -0.373 e. The Labute approximate surface area is 149 Å². The molecule has 4 heteroatoms. The van der Waals surface area contributed by atoms with Crippen molar-refractivity contribution in [2.75, 3.05) is 24.6 Å². The van der Waals surface area contributed by atoms with Crippen molar-refractivity contribution in [3.63, 3.8) is 0 Å². The van der Waals surface area contributed by atoms with Crippen molar-refractivity contribution >= 4 is 5.69 Å². The van der Waals surface area contributed by atoms with Crippen LogP contribution in [-0.2, 0) is 17.9 Å². The largest absolute Gasteiger partial charge is 0.373 e. The third-order valence-corrected chi connectivity index (χ3v) is 5.87. The van der Waals surface area contributed by atoms with Crippen molar-refractivity contribution in [3.05, 3.63) is 65.2 Å². The molecule has 2 aromatic rings. The van der Waals surface area contributed by atoms with Gasteiger partial charge in [0.05, 0.1) is 13.2 Å². The highest BCUT2D eigenvalue weighted by molar-refractivity contribution is 5.68. The Balaban J connectivity index is 1.47. The lowest BCUT2D eigenvalue weighted by Crippen LogP contribution is -2.54. The first kappa shape index (κ1) is 15.4. The molecule has 5 rings (SSSR count). The summed E-state index contributed by atoms with van der Waals surface area (Å²) in [4.78, 5) is 2.64. The molecule has 0 aromatic heterocycles. The first-order chi connectivity index (χ1) is 12.4. The molecule has 3 heterocycles. The van der Waals surface area contributed by atoms with Crippen LogP contribution in [0.15, 0.2) is 48.5 Å². The number of ether oxygens (including phenoxy) is 1. The lowest BCUT2D eigenvalue weighted by molar-refractivity contribution is 0.101. The lowest BCUT2D eigenvalue weighted by Gasteiger charge is -2.39. The van der Waals surface area contributed by atoms with Crippen LogP contribution in [0.3, 0.4) is 0 Å². The fourth-order valence-corrected chi connectivity index (χ4v) is 4.74. The van der Waals surface area contributed by atoms with E-state index in [1.54, 1.807) is 0 Å². The molecule has 4 nitrogen and oxygen atoms in total. The van der Waals surface area contributed by atoms with E-state index in [-0.39, 0.29) is 6.17 Å². The zero-order valence-corrected chi connectivity index (χ0v) is 14.4. The van der Waals surface area contributed by atoms with E-state index in [0.29, 0.717) is 12.0 Å². The van der Waals surface area contributed by atoms with Gasteiger partial charge < -0.3 is 15.0 Å². The third-order valence-electron chi connectivity index (χ3n) is 5.87. The van der Waals surface area contributed by atoms with Crippen LogP contribution in [0.25, 0.3) is 0 Å². The molecular weight excluding hydrogens is 310 g/mol. The molecule has 0 radical (unpaired) electrons. The highest BCUT2D eigenvalue weighted by Crippen LogP contribution is 2.47. The predicted molar refractivity (Wildman–Crippen MR) is 99.7 cm³/mol. The molecule has 0 amide bonds. The average Bonchev–Trinajstić information content (AvgIpc) is 2.88. The van der Waals surface area contributed by atoms with Gasteiger partial charge in [-0.15, -0.1) is 0 Å². The van der Waals surface area contributed by atoms with Gasteiger partial charge in [0.15, 0.2) is 0 Å². The molecule has 3 aliphatic rings. The van der Waals surface area contributed by atoms with Crippen molar-refractivity contribution in [1.82, 2.24) is 10.6 Å². The van der Waals surface area contributed by atoms with Crippen molar-refractivity contribution in [3.8, 4) is 0 Å². The summed E-state index contributed by atoms with van der Waals surface area (Å²) in [6.45, 7) is 4.52. The number of piperidine rings is 1. The molecule has 0 bridgehead atoms. The number of rotatable bonds is 3. The summed E-state index contributed by atoms with van der Waals surface area (Å²) in [5.74, 6) is 0.600. The summed E-state index contributed by atoms with van der Waals surface area (Å²) in [5, 5.41) is 7.36. The standard InChI is InChI=1S/C21H25N3O/c1-2-5-15(6-3-1)11-23-20-14-25-13-16-7-4-8-17-18-12-22-10-9-19(18)24(20)21(16)17/h1-8,18-20,22-23H,9-14H2/t18-,19-,20?/m0/s1. The highest BCUT2D eigenvalue weighted by Gasteiger charge is 2.44. The van der Waals surface area contributed by atoms with Crippen molar-refractivity contribution in [1.29, 1.82) is 0 Å². The Bertz CT molecular complexity index is 748. The van der Waals surface area contributed by atoms with Gasteiger partial charge in [-0.1, -0.05) is 48.5 Å². The van der Waals surface area contributed by atoms with Crippen molar-refractivity contribution < 1.29 is 4.74 Å². The Hall–Kier alpha value is -1.88. The SMILES string of the molecule is c1ccc(CNC2COCc3cccc4c3N2[C@H]2CCNC[C@@H]42)cc1. The van der Waals surface area contributed by atoms with Crippen LogP contribution in [0.2, 0.25) is 0 Å². The zero-order valence-electron chi connectivity index (χ0n) is 14.4. The van der Waals surface area contributed by atoms with Gasteiger partial charge in [-0.05, 0) is 24.1 Å².